The zero-order chi connectivity index (χ0) is 16.6. The van der Waals surface area contributed by atoms with Crippen LogP contribution in [0.4, 0.5) is 0 Å². The maximum absolute atomic E-state index is 13.0. The molecule has 0 radical (unpaired) electrons. The van der Waals surface area contributed by atoms with Crippen molar-refractivity contribution in [3.8, 4) is 0 Å². The van der Waals surface area contributed by atoms with Gasteiger partial charge in [-0.05, 0) is 38.6 Å². The number of carbonyl (C=O) groups is 1. The number of piperidine rings is 1. The van der Waals surface area contributed by atoms with Gasteiger partial charge in [0, 0.05) is 45.3 Å². The number of rotatable bonds is 6. The molecule has 1 saturated carbocycles. The van der Waals surface area contributed by atoms with Gasteiger partial charge in [-0.3, -0.25) is 9.69 Å². The molecular formula is C18H27N3O3. The number of hydrogen-bond donors (Lipinski definition) is 0. The van der Waals surface area contributed by atoms with Crippen molar-refractivity contribution in [1.82, 2.24) is 15.0 Å². The van der Waals surface area contributed by atoms with Crippen LogP contribution in [-0.2, 0) is 16.1 Å². The minimum Gasteiger partial charge on any atom is -0.383 e. The molecule has 2 aliphatic heterocycles. The van der Waals surface area contributed by atoms with E-state index in [1.807, 2.05) is 4.90 Å². The topological polar surface area (TPSA) is 58.8 Å². The van der Waals surface area contributed by atoms with Crippen LogP contribution in [0.2, 0.25) is 0 Å². The Balaban J connectivity index is 1.38. The van der Waals surface area contributed by atoms with E-state index in [0.717, 1.165) is 56.9 Å². The van der Waals surface area contributed by atoms with Crippen LogP contribution in [0.5, 0.6) is 0 Å². The van der Waals surface area contributed by atoms with E-state index in [-0.39, 0.29) is 5.41 Å². The van der Waals surface area contributed by atoms with Gasteiger partial charge in [0.2, 0.25) is 5.91 Å². The Labute approximate surface area is 143 Å². The number of amides is 1. The van der Waals surface area contributed by atoms with Crippen LogP contribution in [0.25, 0.3) is 0 Å². The molecule has 24 heavy (non-hydrogen) atoms. The lowest BCUT2D eigenvalue weighted by Crippen LogP contribution is -2.50. The predicted octanol–water partition coefficient (Wildman–Crippen LogP) is 2.01. The maximum atomic E-state index is 13.0. The summed E-state index contributed by atoms with van der Waals surface area (Å²) in [5.74, 6) is 1.97. The molecule has 3 heterocycles. The molecule has 3 fully saturated rings. The largest absolute Gasteiger partial charge is 0.383 e. The van der Waals surface area contributed by atoms with Gasteiger partial charge in [-0.1, -0.05) is 5.16 Å². The zero-order valence-corrected chi connectivity index (χ0v) is 14.5. The minimum atomic E-state index is -0.185. The van der Waals surface area contributed by atoms with Gasteiger partial charge in [0.1, 0.15) is 5.76 Å². The molecule has 132 valence electrons. The molecule has 6 heteroatoms. The van der Waals surface area contributed by atoms with E-state index in [1.54, 1.807) is 7.11 Å². The standard InChI is InChI=1S/C18H27N3O3/c1-23-10-9-21-7-2-5-18(17(21)22)6-8-20(13-18)12-15-11-16(24-19-15)14-3-4-14/h11,14H,2-10,12-13H2,1H3. The first-order valence-corrected chi connectivity index (χ1v) is 9.16. The van der Waals surface area contributed by atoms with Crippen molar-refractivity contribution >= 4 is 5.91 Å². The van der Waals surface area contributed by atoms with Gasteiger partial charge in [-0.25, -0.2) is 0 Å². The van der Waals surface area contributed by atoms with E-state index in [2.05, 4.69) is 16.1 Å². The van der Waals surface area contributed by atoms with Crippen molar-refractivity contribution in [1.29, 1.82) is 0 Å². The zero-order valence-electron chi connectivity index (χ0n) is 14.5. The summed E-state index contributed by atoms with van der Waals surface area (Å²) in [7, 11) is 1.69. The number of ether oxygens (including phenoxy) is 1. The molecule has 0 bridgehead atoms. The van der Waals surface area contributed by atoms with Gasteiger partial charge in [0.05, 0.1) is 17.7 Å². The van der Waals surface area contributed by atoms with Crippen LogP contribution in [-0.4, -0.2) is 60.8 Å². The summed E-state index contributed by atoms with van der Waals surface area (Å²) >= 11 is 0. The molecule has 1 atom stereocenters. The second-order valence-electron chi connectivity index (χ2n) is 7.62. The Hall–Kier alpha value is -1.40. The van der Waals surface area contributed by atoms with E-state index < -0.39 is 0 Å². The first-order chi connectivity index (χ1) is 11.7. The monoisotopic (exact) mass is 333 g/mol. The molecular weight excluding hydrogens is 306 g/mol. The lowest BCUT2D eigenvalue weighted by molar-refractivity contribution is -0.146. The Morgan fingerprint density at radius 1 is 1.38 bits per heavy atom. The van der Waals surface area contributed by atoms with Gasteiger partial charge in [0.25, 0.3) is 0 Å². The van der Waals surface area contributed by atoms with Gasteiger partial charge in [-0.2, -0.15) is 0 Å². The number of hydrogen-bond acceptors (Lipinski definition) is 5. The van der Waals surface area contributed by atoms with Gasteiger partial charge >= 0.3 is 0 Å². The smallest absolute Gasteiger partial charge is 0.230 e. The summed E-state index contributed by atoms with van der Waals surface area (Å²) < 4.78 is 10.6. The fourth-order valence-corrected chi connectivity index (χ4v) is 4.23. The second-order valence-corrected chi connectivity index (χ2v) is 7.62. The van der Waals surface area contributed by atoms with Crippen LogP contribution in [0.3, 0.4) is 0 Å². The SMILES string of the molecule is COCCN1CCCC2(CCN(Cc3cc(C4CC4)on3)C2)C1=O. The fourth-order valence-electron chi connectivity index (χ4n) is 4.23. The Kier molecular flexibility index (Phi) is 4.35. The highest BCUT2D eigenvalue weighted by molar-refractivity contribution is 5.84. The molecule has 0 aromatic carbocycles. The molecule has 1 spiro atoms. The Bertz CT molecular complexity index is 598. The first kappa shape index (κ1) is 16.1. The maximum Gasteiger partial charge on any atom is 0.230 e. The van der Waals surface area contributed by atoms with Crippen LogP contribution in [0, 0.1) is 5.41 Å². The van der Waals surface area contributed by atoms with Gasteiger partial charge < -0.3 is 14.2 Å². The number of aromatic nitrogens is 1. The third-order valence-corrected chi connectivity index (χ3v) is 5.76. The first-order valence-electron chi connectivity index (χ1n) is 9.16. The average molecular weight is 333 g/mol. The highest BCUT2D eigenvalue weighted by atomic mass is 16.5. The second kappa shape index (κ2) is 6.48. The van der Waals surface area contributed by atoms with Crippen LogP contribution in [0.1, 0.15) is 49.5 Å². The van der Waals surface area contributed by atoms with Crippen LogP contribution >= 0.6 is 0 Å². The van der Waals surface area contributed by atoms with Crippen molar-refractivity contribution in [2.24, 2.45) is 5.41 Å². The molecule has 0 N–H and O–H groups in total. The summed E-state index contributed by atoms with van der Waals surface area (Å²) in [6, 6.07) is 2.11. The Morgan fingerprint density at radius 3 is 3.04 bits per heavy atom. The molecule has 1 aromatic rings. The lowest BCUT2D eigenvalue weighted by Gasteiger charge is -2.39. The van der Waals surface area contributed by atoms with Crippen LogP contribution in [0.15, 0.2) is 10.6 Å². The minimum absolute atomic E-state index is 0.185. The number of nitrogens with zero attached hydrogens (tertiary/aromatic N) is 3. The highest BCUT2D eigenvalue weighted by Gasteiger charge is 2.48. The molecule has 6 nitrogen and oxygen atoms in total. The quantitative estimate of drug-likeness (QED) is 0.797. The van der Waals surface area contributed by atoms with Crippen molar-refractivity contribution < 1.29 is 14.1 Å². The van der Waals surface area contributed by atoms with Crippen molar-refractivity contribution in [3.63, 3.8) is 0 Å². The summed E-state index contributed by atoms with van der Waals surface area (Å²) in [6.45, 7) is 4.82. The third-order valence-electron chi connectivity index (χ3n) is 5.76. The molecule has 4 rings (SSSR count). The summed E-state index contributed by atoms with van der Waals surface area (Å²) in [5.41, 5.74) is 0.822. The van der Waals surface area contributed by atoms with Gasteiger partial charge in [-0.15, -0.1) is 0 Å². The van der Waals surface area contributed by atoms with E-state index in [0.29, 0.717) is 25.0 Å². The summed E-state index contributed by atoms with van der Waals surface area (Å²) in [5, 5.41) is 4.22. The van der Waals surface area contributed by atoms with E-state index in [9.17, 15) is 4.79 Å². The van der Waals surface area contributed by atoms with Crippen molar-refractivity contribution in [2.75, 3.05) is 39.9 Å². The van der Waals surface area contributed by atoms with Crippen molar-refractivity contribution in [3.05, 3.63) is 17.5 Å². The molecule has 2 saturated heterocycles. The normalized spacial score (nSPS) is 28.2. The van der Waals surface area contributed by atoms with E-state index >= 15 is 0 Å². The van der Waals surface area contributed by atoms with E-state index in [1.165, 1.54) is 12.8 Å². The molecule has 1 unspecified atom stereocenters. The fraction of sp³-hybridized carbons (Fsp3) is 0.778. The summed E-state index contributed by atoms with van der Waals surface area (Å²) in [4.78, 5) is 17.3. The molecule has 1 aromatic heterocycles. The molecule has 3 aliphatic rings. The number of likely N-dealkylation sites (tertiary alicyclic amines) is 2. The molecule has 1 amide bonds. The van der Waals surface area contributed by atoms with Crippen LogP contribution < -0.4 is 0 Å². The number of carbonyl (C=O) groups excluding carboxylic acids is 1. The Morgan fingerprint density at radius 2 is 2.25 bits per heavy atom. The van der Waals surface area contributed by atoms with Gasteiger partial charge in [0.15, 0.2) is 0 Å². The van der Waals surface area contributed by atoms with Crippen molar-refractivity contribution in [2.45, 2.75) is 44.6 Å². The number of methoxy groups -OCH3 is 1. The lowest BCUT2D eigenvalue weighted by atomic mass is 9.78. The van der Waals surface area contributed by atoms with E-state index in [4.69, 9.17) is 9.26 Å². The molecule has 1 aliphatic carbocycles. The predicted molar refractivity (Wildman–Crippen MR) is 88.5 cm³/mol. The average Bonchev–Trinajstić information content (AvgIpc) is 3.21. The highest BCUT2D eigenvalue weighted by Crippen LogP contribution is 2.42. The third kappa shape index (κ3) is 3.09. The summed E-state index contributed by atoms with van der Waals surface area (Å²) in [6.07, 6.45) is 5.53.